The molecule has 0 spiro atoms. The highest BCUT2D eigenvalue weighted by atomic mass is 32.2. The third-order valence-corrected chi connectivity index (χ3v) is 7.84. The van der Waals surface area contributed by atoms with Crippen LogP contribution in [0.4, 0.5) is 0 Å². The molecule has 0 radical (unpaired) electrons. The maximum atomic E-state index is 12.9. The summed E-state index contributed by atoms with van der Waals surface area (Å²) in [5.74, 6) is 0.856. The number of carbonyl (C=O) groups excluding carboxylic acids is 1. The first-order valence-electron chi connectivity index (χ1n) is 10.4. The van der Waals surface area contributed by atoms with Gasteiger partial charge in [0.15, 0.2) is 6.54 Å². The van der Waals surface area contributed by atoms with Crippen molar-refractivity contribution in [3.05, 3.63) is 29.8 Å². The van der Waals surface area contributed by atoms with Gasteiger partial charge >= 0.3 is 0 Å². The lowest BCUT2D eigenvalue weighted by molar-refractivity contribution is -0.895. The molecule has 0 saturated carbocycles. The zero-order valence-corrected chi connectivity index (χ0v) is 18.7. The molecule has 2 rings (SSSR count). The van der Waals surface area contributed by atoms with Crippen LogP contribution in [0.2, 0.25) is 0 Å². The molecular formula is C21H36N3O3S+. The molecule has 0 aliphatic carbocycles. The van der Waals surface area contributed by atoms with Crippen LogP contribution in [0.25, 0.3) is 0 Å². The summed E-state index contributed by atoms with van der Waals surface area (Å²) in [5, 5.41) is 3.02. The van der Waals surface area contributed by atoms with Gasteiger partial charge in [-0.3, -0.25) is 4.79 Å². The number of carbonyl (C=O) groups is 1. The van der Waals surface area contributed by atoms with Gasteiger partial charge in [-0.15, -0.1) is 0 Å². The van der Waals surface area contributed by atoms with Gasteiger partial charge in [0, 0.05) is 6.04 Å². The summed E-state index contributed by atoms with van der Waals surface area (Å²) < 4.78 is 27.4. The van der Waals surface area contributed by atoms with Crippen LogP contribution in [0.5, 0.6) is 0 Å². The van der Waals surface area contributed by atoms with Gasteiger partial charge < -0.3 is 10.2 Å². The molecule has 28 heavy (non-hydrogen) atoms. The molecule has 0 bridgehead atoms. The zero-order chi connectivity index (χ0) is 20.9. The largest absolute Gasteiger partial charge is 0.348 e. The summed E-state index contributed by atoms with van der Waals surface area (Å²) in [6.45, 7) is 13.0. The second kappa shape index (κ2) is 9.85. The van der Waals surface area contributed by atoms with E-state index in [1.54, 1.807) is 16.4 Å². The van der Waals surface area contributed by atoms with Gasteiger partial charge in [0.25, 0.3) is 5.91 Å². The van der Waals surface area contributed by atoms with Crippen LogP contribution in [-0.4, -0.2) is 57.4 Å². The van der Waals surface area contributed by atoms with Crippen LogP contribution in [0, 0.1) is 5.92 Å². The molecule has 1 fully saturated rings. The molecular weight excluding hydrogens is 374 g/mol. The van der Waals surface area contributed by atoms with E-state index in [9.17, 15) is 13.2 Å². The topological polar surface area (TPSA) is 70.9 Å². The molecule has 2 atom stereocenters. The Labute approximate surface area is 170 Å². The monoisotopic (exact) mass is 410 g/mol. The van der Waals surface area contributed by atoms with E-state index < -0.39 is 10.0 Å². The van der Waals surface area contributed by atoms with E-state index in [1.807, 2.05) is 19.1 Å². The van der Waals surface area contributed by atoms with Crippen molar-refractivity contribution in [1.29, 1.82) is 0 Å². The molecule has 1 aliphatic rings. The SMILES string of the molecule is CC[C@@H](C)c1ccc(S(=O)(=O)N2CC[NH+](CC(=O)N[C@H](C)C(C)C)CC2)cc1. The summed E-state index contributed by atoms with van der Waals surface area (Å²) >= 11 is 0. The summed E-state index contributed by atoms with van der Waals surface area (Å²) in [6, 6.07) is 7.42. The molecule has 1 aromatic carbocycles. The number of amides is 1. The molecule has 0 unspecified atom stereocenters. The molecule has 1 amide bonds. The highest BCUT2D eigenvalue weighted by Gasteiger charge is 2.31. The average molecular weight is 411 g/mol. The quantitative estimate of drug-likeness (QED) is 0.678. The summed E-state index contributed by atoms with van der Waals surface area (Å²) in [5.41, 5.74) is 1.16. The molecule has 1 saturated heterocycles. The van der Waals surface area contributed by atoms with Crippen LogP contribution in [0.15, 0.2) is 29.2 Å². The normalized spacial score (nSPS) is 18.8. The van der Waals surface area contributed by atoms with Crippen LogP contribution >= 0.6 is 0 Å². The van der Waals surface area contributed by atoms with Crippen molar-refractivity contribution in [3.8, 4) is 0 Å². The van der Waals surface area contributed by atoms with Gasteiger partial charge in [0.05, 0.1) is 31.1 Å². The van der Waals surface area contributed by atoms with Crippen molar-refractivity contribution < 1.29 is 18.1 Å². The van der Waals surface area contributed by atoms with Crippen molar-refractivity contribution in [2.75, 3.05) is 32.7 Å². The summed E-state index contributed by atoms with van der Waals surface area (Å²) in [7, 11) is -3.47. The summed E-state index contributed by atoms with van der Waals surface area (Å²) in [6.07, 6.45) is 1.03. The Morgan fingerprint density at radius 1 is 1.11 bits per heavy atom. The molecule has 158 valence electrons. The standard InChI is InChI=1S/C21H35N3O3S/c1-6-17(4)19-7-9-20(10-8-19)28(26,27)24-13-11-23(12-14-24)15-21(25)22-18(5)16(2)3/h7-10,16-18H,6,11-15H2,1-5H3,(H,22,25)/p+1/t17-,18-/m1/s1. The minimum absolute atomic E-state index is 0.0353. The summed E-state index contributed by atoms with van der Waals surface area (Å²) in [4.78, 5) is 13.7. The number of hydrogen-bond donors (Lipinski definition) is 2. The number of hydrogen-bond acceptors (Lipinski definition) is 3. The van der Waals surface area contributed by atoms with E-state index >= 15 is 0 Å². The predicted octanol–water partition coefficient (Wildman–Crippen LogP) is 1.25. The molecule has 0 aromatic heterocycles. The van der Waals surface area contributed by atoms with Crippen LogP contribution < -0.4 is 10.2 Å². The Balaban J connectivity index is 1.92. The van der Waals surface area contributed by atoms with Crippen molar-refractivity contribution in [2.24, 2.45) is 5.92 Å². The fraction of sp³-hybridized carbons (Fsp3) is 0.667. The molecule has 7 heteroatoms. The molecule has 1 aromatic rings. The van der Waals surface area contributed by atoms with E-state index in [0.29, 0.717) is 49.5 Å². The van der Waals surface area contributed by atoms with Crippen LogP contribution in [0.1, 0.15) is 52.5 Å². The van der Waals surface area contributed by atoms with Gasteiger partial charge in [-0.25, -0.2) is 8.42 Å². The number of benzene rings is 1. The number of rotatable bonds is 8. The number of nitrogens with one attached hydrogen (secondary N) is 2. The highest BCUT2D eigenvalue weighted by molar-refractivity contribution is 7.89. The minimum atomic E-state index is -3.47. The lowest BCUT2D eigenvalue weighted by atomic mass is 9.99. The number of quaternary nitrogens is 1. The minimum Gasteiger partial charge on any atom is -0.348 e. The smallest absolute Gasteiger partial charge is 0.275 e. The van der Waals surface area contributed by atoms with Gasteiger partial charge in [0.2, 0.25) is 10.0 Å². The lowest BCUT2D eigenvalue weighted by Gasteiger charge is -2.31. The molecule has 6 nitrogen and oxygen atoms in total. The zero-order valence-electron chi connectivity index (χ0n) is 17.9. The second-order valence-electron chi connectivity index (χ2n) is 8.31. The van der Waals surface area contributed by atoms with Gasteiger partial charge in [-0.1, -0.05) is 39.8 Å². The fourth-order valence-electron chi connectivity index (χ4n) is 3.27. The lowest BCUT2D eigenvalue weighted by Crippen LogP contribution is -3.15. The van der Waals surface area contributed by atoms with Crippen LogP contribution in [-0.2, 0) is 14.8 Å². The first kappa shape index (κ1) is 22.8. The third kappa shape index (κ3) is 5.78. The third-order valence-electron chi connectivity index (χ3n) is 5.93. The maximum absolute atomic E-state index is 12.9. The predicted molar refractivity (Wildman–Crippen MR) is 112 cm³/mol. The molecule has 1 heterocycles. The first-order valence-corrected chi connectivity index (χ1v) is 11.8. The highest BCUT2D eigenvalue weighted by Crippen LogP contribution is 2.22. The second-order valence-corrected chi connectivity index (χ2v) is 10.2. The van der Waals surface area contributed by atoms with Crippen molar-refractivity contribution >= 4 is 15.9 Å². The van der Waals surface area contributed by atoms with E-state index in [-0.39, 0.29) is 11.9 Å². The Bertz CT molecular complexity index is 739. The van der Waals surface area contributed by atoms with Crippen molar-refractivity contribution in [2.45, 2.75) is 57.9 Å². The average Bonchev–Trinajstić information content (AvgIpc) is 2.67. The van der Waals surface area contributed by atoms with E-state index in [0.717, 1.165) is 16.9 Å². The van der Waals surface area contributed by atoms with Crippen molar-refractivity contribution in [3.63, 3.8) is 0 Å². The van der Waals surface area contributed by atoms with Crippen molar-refractivity contribution in [1.82, 2.24) is 9.62 Å². The Hall–Kier alpha value is -1.44. The fourth-order valence-corrected chi connectivity index (χ4v) is 4.71. The number of piperazine rings is 1. The molecule has 2 N–H and O–H groups in total. The van der Waals surface area contributed by atoms with Gasteiger partial charge in [-0.05, 0) is 42.9 Å². The van der Waals surface area contributed by atoms with E-state index in [2.05, 4.69) is 33.0 Å². The molecule has 1 aliphatic heterocycles. The Morgan fingerprint density at radius 3 is 2.18 bits per heavy atom. The number of nitrogens with zero attached hydrogens (tertiary/aromatic N) is 1. The van der Waals surface area contributed by atoms with Gasteiger partial charge in [-0.2, -0.15) is 4.31 Å². The first-order chi connectivity index (χ1) is 13.1. The van der Waals surface area contributed by atoms with Crippen LogP contribution in [0.3, 0.4) is 0 Å². The van der Waals surface area contributed by atoms with Gasteiger partial charge in [0.1, 0.15) is 0 Å². The van der Waals surface area contributed by atoms with E-state index in [1.165, 1.54) is 0 Å². The Morgan fingerprint density at radius 2 is 1.68 bits per heavy atom. The Kier molecular flexibility index (Phi) is 8.04. The maximum Gasteiger partial charge on any atom is 0.275 e. The van der Waals surface area contributed by atoms with E-state index in [4.69, 9.17) is 0 Å². The number of sulfonamides is 1.